The molecule has 0 aromatic heterocycles. The van der Waals surface area contributed by atoms with Crippen LogP contribution in [-0.4, -0.2) is 85.1 Å². The average Bonchev–Trinajstić information content (AvgIpc) is 3.17. The van der Waals surface area contributed by atoms with Crippen LogP contribution in [0.25, 0.3) is 10.8 Å². The normalized spacial score (nSPS) is 23.8. The number of methoxy groups -OCH3 is 1. The molecular formula is C28H39N3O3S2. The van der Waals surface area contributed by atoms with Crippen molar-refractivity contribution in [1.82, 2.24) is 15.1 Å². The first-order valence-electron chi connectivity index (χ1n) is 13.1. The predicted molar refractivity (Wildman–Crippen MR) is 152 cm³/mol. The lowest BCUT2D eigenvalue weighted by Crippen LogP contribution is -2.51. The van der Waals surface area contributed by atoms with Gasteiger partial charge in [-0.25, -0.2) is 0 Å². The number of carbonyl (C=O) groups excluding carboxylic acids is 2. The van der Waals surface area contributed by atoms with Crippen LogP contribution in [0.1, 0.15) is 37.2 Å². The van der Waals surface area contributed by atoms with Crippen LogP contribution in [0.2, 0.25) is 0 Å². The molecule has 2 bridgehead atoms. The third-order valence-corrected chi connectivity index (χ3v) is 8.27. The maximum atomic E-state index is 13.1. The van der Waals surface area contributed by atoms with Crippen molar-refractivity contribution in [3.05, 3.63) is 48.0 Å². The molecule has 0 unspecified atom stereocenters. The minimum atomic E-state index is -0.157. The van der Waals surface area contributed by atoms with E-state index in [1.165, 1.54) is 23.4 Å². The van der Waals surface area contributed by atoms with Crippen molar-refractivity contribution in [2.75, 3.05) is 51.3 Å². The summed E-state index contributed by atoms with van der Waals surface area (Å²) in [4.78, 5) is 30.0. The summed E-state index contributed by atoms with van der Waals surface area (Å²) in [5, 5.41) is 5.34. The van der Waals surface area contributed by atoms with E-state index in [1.54, 1.807) is 0 Å². The highest BCUT2D eigenvalue weighted by Crippen LogP contribution is 2.47. The van der Waals surface area contributed by atoms with Crippen LogP contribution in [0, 0.1) is 5.92 Å². The quantitative estimate of drug-likeness (QED) is 0.290. The second kappa shape index (κ2) is 13.2. The minimum Gasteiger partial charge on any atom is -0.469 e. The largest absolute Gasteiger partial charge is 0.469 e. The summed E-state index contributed by atoms with van der Waals surface area (Å²) in [6.45, 7) is 3.51. The second-order valence-corrected chi connectivity index (χ2v) is 10.9. The van der Waals surface area contributed by atoms with Crippen molar-refractivity contribution in [2.24, 2.45) is 5.92 Å². The molecule has 8 heteroatoms. The smallest absolute Gasteiger partial charge is 0.310 e. The molecule has 36 heavy (non-hydrogen) atoms. The fraction of sp³-hybridized carbons (Fsp3) is 0.571. The Kier molecular flexibility index (Phi) is 9.99. The van der Waals surface area contributed by atoms with Gasteiger partial charge in [0.15, 0.2) is 0 Å². The molecule has 4 rings (SSSR count). The molecule has 2 fully saturated rings. The van der Waals surface area contributed by atoms with E-state index in [-0.39, 0.29) is 29.8 Å². The summed E-state index contributed by atoms with van der Waals surface area (Å²) >= 11 is 8.54. The van der Waals surface area contributed by atoms with Gasteiger partial charge in [0, 0.05) is 42.6 Å². The number of nitrogens with one attached hydrogen (secondary N) is 1. The zero-order valence-corrected chi connectivity index (χ0v) is 22.9. The van der Waals surface area contributed by atoms with E-state index in [2.05, 4.69) is 82.8 Å². The van der Waals surface area contributed by atoms with Crippen molar-refractivity contribution in [2.45, 2.75) is 43.7 Å². The summed E-state index contributed by atoms with van der Waals surface area (Å²) in [6.07, 6.45) is 4.08. The van der Waals surface area contributed by atoms with Crippen LogP contribution in [0.15, 0.2) is 42.5 Å². The van der Waals surface area contributed by atoms with Gasteiger partial charge in [0.2, 0.25) is 5.91 Å². The number of ether oxygens (including phenoxy) is 1. The first kappa shape index (κ1) is 27.3. The zero-order chi connectivity index (χ0) is 25.5. The van der Waals surface area contributed by atoms with E-state index >= 15 is 0 Å². The summed E-state index contributed by atoms with van der Waals surface area (Å²) in [7, 11) is 1.51. The highest BCUT2D eigenvalue weighted by Gasteiger charge is 2.50. The molecule has 2 aromatic rings. The van der Waals surface area contributed by atoms with E-state index in [0.717, 1.165) is 45.3 Å². The van der Waals surface area contributed by atoms with Crippen LogP contribution in [-0.2, 0) is 14.3 Å². The average molecular weight is 530 g/mol. The van der Waals surface area contributed by atoms with Gasteiger partial charge in [-0.05, 0) is 55.1 Å². The van der Waals surface area contributed by atoms with Crippen LogP contribution in [0.5, 0.6) is 0 Å². The summed E-state index contributed by atoms with van der Waals surface area (Å²) in [6, 6.07) is 15.7. The van der Waals surface area contributed by atoms with E-state index in [9.17, 15) is 9.59 Å². The molecular weight excluding hydrogens is 490 g/mol. The van der Waals surface area contributed by atoms with Crippen LogP contribution in [0.3, 0.4) is 0 Å². The maximum Gasteiger partial charge on any atom is 0.310 e. The Hall–Kier alpha value is -1.74. The Morgan fingerprint density at radius 1 is 1.08 bits per heavy atom. The Morgan fingerprint density at radius 3 is 2.64 bits per heavy atom. The Balaban J connectivity index is 1.43. The molecule has 2 heterocycles. The molecule has 6 nitrogen and oxygen atoms in total. The monoisotopic (exact) mass is 529 g/mol. The van der Waals surface area contributed by atoms with Crippen molar-refractivity contribution < 1.29 is 14.3 Å². The van der Waals surface area contributed by atoms with E-state index in [1.807, 2.05) is 0 Å². The number of nitrogens with zero attached hydrogens (tertiary/aromatic N) is 2. The number of hydrogen-bond acceptors (Lipinski definition) is 7. The Morgan fingerprint density at radius 2 is 1.89 bits per heavy atom. The van der Waals surface area contributed by atoms with Gasteiger partial charge >= 0.3 is 5.97 Å². The predicted octanol–water partition coefficient (Wildman–Crippen LogP) is 3.62. The number of thiol groups is 2. The number of carbonyl (C=O) groups is 2. The van der Waals surface area contributed by atoms with Crippen molar-refractivity contribution in [3.63, 3.8) is 0 Å². The molecule has 0 spiro atoms. The summed E-state index contributed by atoms with van der Waals surface area (Å²) < 4.78 is 5.35. The first-order valence-corrected chi connectivity index (χ1v) is 14.3. The van der Waals surface area contributed by atoms with Crippen LogP contribution in [0.4, 0.5) is 0 Å². The highest BCUT2D eigenvalue weighted by atomic mass is 32.1. The Labute approximate surface area is 225 Å². The fourth-order valence-electron chi connectivity index (χ4n) is 6.24. The molecule has 2 saturated heterocycles. The van der Waals surface area contributed by atoms with Crippen LogP contribution >= 0.6 is 25.3 Å². The third-order valence-electron chi connectivity index (χ3n) is 7.85. The number of esters is 1. The van der Waals surface area contributed by atoms with Gasteiger partial charge in [-0.3, -0.25) is 19.4 Å². The Bertz CT molecular complexity index is 1040. The van der Waals surface area contributed by atoms with Gasteiger partial charge < -0.3 is 10.1 Å². The third kappa shape index (κ3) is 6.39. The first-order chi connectivity index (χ1) is 17.5. The van der Waals surface area contributed by atoms with Gasteiger partial charge in [-0.2, -0.15) is 25.3 Å². The summed E-state index contributed by atoms with van der Waals surface area (Å²) in [5.74, 6) is 1.31. The SMILES string of the molecule is COC(=O)[C@H]1[C@@H](c2ccc3ccccc3c2)C[C@@H]2CC[C@H]1N2CCCN(CCS)CC(=O)NCCS. The van der Waals surface area contributed by atoms with Crippen molar-refractivity contribution in [3.8, 4) is 0 Å². The van der Waals surface area contributed by atoms with Crippen molar-refractivity contribution >= 4 is 47.9 Å². The molecule has 4 atom stereocenters. The lowest BCUT2D eigenvalue weighted by atomic mass is 9.75. The molecule has 2 aromatic carbocycles. The minimum absolute atomic E-state index is 0.0351. The van der Waals surface area contributed by atoms with E-state index in [4.69, 9.17) is 4.74 Å². The molecule has 2 aliphatic rings. The highest BCUT2D eigenvalue weighted by molar-refractivity contribution is 7.80. The summed E-state index contributed by atoms with van der Waals surface area (Å²) in [5.41, 5.74) is 1.24. The number of rotatable bonds is 12. The van der Waals surface area contributed by atoms with Crippen molar-refractivity contribution in [1.29, 1.82) is 0 Å². The van der Waals surface area contributed by atoms with Gasteiger partial charge in [0.1, 0.15) is 0 Å². The number of hydrogen-bond donors (Lipinski definition) is 3. The topological polar surface area (TPSA) is 61.9 Å². The van der Waals surface area contributed by atoms with E-state index in [0.29, 0.717) is 30.6 Å². The molecule has 2 aliphatic heterocycles. The molecule has 0 saturated carbocycles. The molecule has 196 valence electrons. The van der Waals surface area contributed by atoms with Crippen LogP contribution < -0.4 is 5.32 Å². The number of amides is 1. The fourth-order valence-corrected chi connectivity index (χ4v) is 6.64. The van der Waals surface area contributed by atoms with Gasteiger partial charge in [-0.15, -0.1) is 0 Å². The lowest BCUT2D eigenvalue weighted by Gasteiger charge is -2.44. The number of benzene rings is 2. The van der Waals surface area contributed by atoms with E-state index < -0.39 is 0 Å². The lowest BCUT2D eigenvalue weighted by molar-refractivity contribution is -0.150. The zero-order valence-electron chi connectivity index (χ0n) is 21.1. The number of fused-ring (bicyclic) bond motifs is 3. The number of piperidine rings is 1. The maximum absolute atomic E-state index is 13.1. The molecule has 1 amide bonds. The van der Waals surface area contributed by atoms with Gasteiger partial charge in [-0.1, -0.05) is 42.5 Å². The molecule has 0 aliphatic carbocycles. The standard InChI is InChI=1S/C28H39N3O3S2/c1-34-28(33)27-24(22-8-7-20-5-2-3-6-21(20)17-22)18-23-9-10-25(27)31(23)13-4-12-30(14-16-36)19-26(32)29-11-15-35/h2-3,5-8,17,23-25,27,35-36H,4,9-16,18-19H2,1H3,(H,29,32)/t23-,24+,25+,27-/m0/s1. The molecule has 1 N–H and O–H groups in total. The second-order valence-electron chi connectivity index (χ2n) is 9.96. The molecule has 0 radical (unpaired) electrons. The van der Waals surface area contributed by atoms with Gasteiger partial charge in [0.05, 0.1) is 19.6 Å². The van der Waals surface area contributed by atoms with Gasteiger partial charge in [0.25, 0.3) is 0 Å².